The fourth-order valence-corrected chi connectivity index (χ4v) is 2.84. The van der Waals surface area contributed by atoms with Crippen molar-refractivity contribution in [3.8, 4) is 17.0 Å². The molecule has 0 amide bonds. The van der Waals surface area contributed by atoms with Crippen LogP contribution in [-0.2, 0) is 6.54 Å². The molecular formula is C20H16N4O2. The summed E-state index contributed by atoms with van der Waals surface area (Å²) in [4.78, 5) is 21.1. The highest BCUT2D eigenvalue weighted by molar-refractivity contribution is 5.91. The van der Waals surface area contributed by atoms with Crippen LogP contribution in [0.15, 0.2) is 71.9 Å². The van der Waals surface area contributed by atoms with Crippen molar-refractivity contribution in [2.75, 3.05) is 7.11 Å². The van der Waals surface area contributed by atoms with E-state index in [0.29, 0.717) is 17.8 Å². The van der Waals surface area contributed by atoms with Gasteiger partial charge in [0.05, 0.1) is 13.7 Å². The number of benzene rings is 1. The van der Waals surface area contributed by atoms with Gasteiger partial charge in [-0.05, 0) is 54.1 Å². The van der Waals surface area contributed by atoms with E-state index in [0.717, 1.165) is 22.3 Å². The SMILES string of the molecule is COc1ccc(-c2nn(Cc3ccncc3)c(=O)c3ncccc23)cc1. The third kappa shape index (κ3) is 2.93. The average molecular weight is 344 g/mol. The molecule has 0 spiro atoms. The second-order valence-electron chi connectivity index (χ2n) is 5.79. The second kappa shape index (κ2) is 6.76. The van der Waals surface area contributed by atoms with Crippen LogP contribution in [0.5, 0.6) is 5.75 Å². The molecule has 6 nitrogen and oxygen atoms in total. The van der Waals surface area contributed by atoms with E-state index in [-0.39, 0.29) is 5.56 Å². The monoisotopic (exact) mass is 344 g/mol. The Morgan fingerprint density at radius 1 is 1.00 bits per heavy atom. The lowest BCUT2D eigenvalue weighted by atomic mass is 10.1. The number of pyridine rings is 2. The van der Waals surface area contributed by atoms with Crippen molar-refractivity contribution in [1.29, 1.82) is 0 Å². The predicted molar refractivity (Wildman–Crippen MR) is 99.1 cm³/mol. The number of methoxy groups -OCH3 is 1. The maximum Gasteiger partial charge on any atom is 0.293 e. The molecule has 26 heavy (non-hydrogen) atoms. The number of ether oxygens (including phenoxy) is 1. The van der Waals surface area contributed by atoms with Gasteiger partial charge in [0.15, 0.2) is 0 Å². The largest absolute Gasteiger partial charge is 0.497 e. The summed E-state index contributed by atoms with van der Waals surface area (Å²) in [5.41, 5.74) is 2.75. The number of hydrogen-bond acceptors (Lipinski definition) is 5. The Labute approximate surface area is 149 Å². The van der Waals surface area contributed by atoms with Crippen LogP contribution in [-0.4, -0.2) is 26.9 Å². The number of rotatable bonds is 4. The van der Waals surface area contributed by atoms with Crippen LogP contribution in [0.1, 0.15) is 5.56 Å². The number of hydrogen-bond donors (Lipinski definition) is 0. The van der Waals surface area contributed by atoms with Crippen molar-refractivity contribution in [3.05, 3.63) is 83.0 Å². The molecule has 3 heterocycles. The number of nitrogens with zero attached hydrogens (tertiary/aromatic N) is 4. The van der Waals surface area contributed by atoms with Crippen molar-refractivity contribution in [1.82, 2.24) is 19.7 Å². The third-order valence-electron chi connectivity index (χ3n) is 4.17. The minimum absolute atomic E-state index is 0.213. The predicted octanol–water partition coefficient (Wildman–Crippen LogP) is 2.91. The molecule has 1 aromatic carbocycles. The van der Waals surface area contributed by atoms with Crippen molar-refractivity contribution in [2.45, 2.75) is 6.54 Å². The van der Waals surface area contributed by atoms with E-state index >= 15 is 0 Å². The van der Waals surface area contributed by atoms with Crippen LogP contribution in [0.25, 0.3) is 22.2 Å². The van der Waals surface area contributed by atoms with Gasteiger partial charge in [-0.1, -0.05) is 0 Å². The maximum absolute atomic E-state index is 12.8. The van der Waals surface area contributed by atoms with Crippen molar-refractivity contribution in [3.63, 3.8) is 0 Å². The first-order chi connectivity index (χ1) is 12.8. The van der Waals surface area contributed by atoms with Crippen molar-refractivity contribution in [2.24, 2.45) is 0 Å². The van der Waals surface area contributed by atoms with Crippen LogP contribution < -0.4 is 10.3 Å². The minimum atomic E-state index is -0.213. The molecule has 0 saturated carbocycles. The maximum atomic E-state index is 12.8. The smallest absolute Gasteiger partial charge is 0.293 e. The lowest BCUT2D eigenvalue weighted by Crippen LogP contribution is -2.25. The molecule has 4 rings (SSSR count). The zero-order valence-electron chi connectivity index (χ0n) is 14.2. The summed E-state index contributed by atoms with van der Waals surface area (Å²) >= 11 is 0. The lowest BCUT2D eigenvalue weighted by molar-refractivity contribution is 0.415. The van der Waals surface area contributed by atoms with Gasteiger partial charge >= 0.3 is 0 Å². The Kier molecular flexibility index (Phi) is 4.15. The van der Waals surface area contributed by atoms with Gasteiger partial charge in [0.1, 0.15) is 17.0 Å². The van der Waals surface area contributed by atoms with E-state index in [1.807, 2.05) is 48.5 Å². The second-order valence-corrected chi connectivity index (χ2v) is 5.79. The molecule has 4 aromatic rings. The molecule has 0 N–H and O–H groups in total. The van der Waals surface area contributed by atoms with E-state index in [1.54, 1.807) is 25.7 Å². The Morgan fingerprint density at radius 2 is 1.77 bits per heavy atom. The Bertz CT molecular complexity index is 1110. The van der Waals surface area contributed by atoms with Gasteiger partial charge in [-0.25, -0.2) is 4.68 Å². The standard InChI is InChI=1S/C20H16N4O2/c1-26-16-6-4-15(5-7-16)18-17-3-2-10-22-19(17)20(25)24(23-18)13-14-8-11-21-12-9-14/h2-12H,13H2,1H3. The lowest BCUT2D eigenvalue weighted by Gasteiger charge is -2.11. The Hall–Kier alpha value is -3.54. The summed E-state index contributed by atoms with van der Waals surface area (Å²) in [5.74, 6) is 0.765. The zero-order chi connectivity index (χ0) is 17.9. The molecular weight excluding hydrogens is 328 g/mol. The molecule has 0 aliphatic heterocycles. The molecule has 0 fully saturated rings. The first-order valence-corrected chi connectivity index (χ1v) is 8.15. The molecule has 0 unspecified atom stereocenters. The zero-order valence-corrected chi connectivity index (χ0v) is 14.2. The van der Waals surface area contributed by atoms with E-state index in [2.05, 4.69) is 15.1 Å². The summed E-state index contributed by atoms with van der Waals surface area (Å²) in [6.45, 7) is 0.358. The highest BCUT2D eigenvalue weighted by Gasteiger charge is 2.13. The van der Waals surface area contributed by atoms with E-state index in [4.69, 9.17) is 4.74 Å². The summed E-state index contributed by atoms with van der Waals surface area (Å²) in [6.07, 6.45) is 5.02. The van der Waals surface area contributed by atoms with Crippen LogP contribution >= 0.6 is 0 Å². The fourth-order valence-electron chi connectivity index (χ4n) is 2.84. The summed E-state index contributed by atoms with van der Waals surface area (Å²) in [5, 5.41) is 5.35. The van der Waals surface area contributed by atoms with Gasteiger partial charge in [-0.3, -0.25) is 14.8 Å². The molecule has 6 heteroatoms. The van der Waals surface area contributed by atoms with Gasteiger partial charge in [0.2, 0.25) is 0 Å². The molecule has 0 saturated heterocycles. The van der Waals surface area contributed by atoms with Gasteiger partial charge < -0.3 is 4.74 Å². The summed E-state index contributed by atoms with van der Waals surface area (Å²) in [6, 6.07) is 15.0. The van der Waals surface area contributed by atoms with Gasteiger partial charge in [0, 0.05) is 29.5 Å². The van der Waals surface area contributed by atoms with Crippen molar-refractivity contribution < 1.29 is 4.74 Å². The third-order valence-corrected chi connectivity index (χ3v) is 4.17. The van der Waals surface area contributed by atoms with E-state index in [9.17, 15) is 4.79 Å². The average Bonchev–Trinajstić information content (AvgIpc) is 2.71. The summed E-state index contributed by atoms with van der Waals surface area (Å²) < 4.78 is 6.67. The highest BCUT2D eigenvalue weighted by Crippen LogP contribution is 2.25. The van der Waals surface area contributed by atoms with Crippen LogP contribution in [0.4, 0.5) is 0 Å². The van der Waals surface area contributed by atoms with Gasteiger partial charge in [-0.15, -0.1) is 0 Å². The topological polar surface area (TPSA) is 69.9 Å². The first-order valence-electron chi connectivity index (χ1n) is 8.15. The quantitative estimate of drug-likeness (QED) is 0.569. The molecule has 0 aliphatic carbocycles. The Morgan fingerprint density at radius 3 is 2.50 bits per heavy atom. The van der Waals surface area contributed by atoms with Gasteiger partial charge in [-0.2, -0.15) is 5.10 Å². The van der Waals surface area contributed by atoms with Gasteiger partial charge in [0.25, 0.3) is 5.56 Å². The molecule has 0 bridgehead atoms. The van der Waals surface area contributed by atoms with E-state index < -0.39 is 0 Å². The highest BCUT2D eigenvalue weighted by atomic mass is 16.5. The molecule has 0 radical (unpaired) electrons. The first kappa shape index (κ1) is 16.0. The number of fused-ring (bicyclic) bond motifs is 1. The Balaban J connectivity index is 1.90. The molecule has 0 atom stereocenters. The summed E-state index contributed by atoms with van der Waals surface area (Å²) in [7, 11) is 1.63. The van der Waals surface area contributed by atoms with Crippen LogP contribution in [0, 0.1) is 0 Å². The fraction of sp³-hybridized carbons (Fsp3) is 0.100. The van der Waals surface area contributed by atoms with E-state index in [1.165, 1.54) is 4.68 Å². The number of aromatic nitrogens is 4. The molecule has 3 aromatic heterocycles. The minimum Gasteiger partial charge on any atom is -0.497 e. The molecule has 128 valence electrons. The van der Waals surface area contributed by atoms with Crippen molar-refractivity contribution >= 4 is 10.9 Å². The van der Waals surface area contributed by atoms with Crippen LogP contribution in [0.3, 0.4) is 0 Å². The van der Waals surface area contributed by atoms with Crippen LogP contribution in [0.2, 0.25) is 0 Å². The molecule has 0 aliphatic rings. The normalized spacial score (nSPS) is 10.8.